The summed E-state index contributed by atoms with van der Waals surface area (Å²) in [5.41, 5.74) is 0.741. The fourth-order valence-electron chi connectivity index (χ4n) is 2.45. The zero-order chi connectivity index (χ0) is 13.3. The molecule has 1 saturated heterocycles. The number of ether oxygens (including phenoxy) is 1. The van der Waals surface area contributed by atoms with Gasteiger partial charge in [0.15, 0.2) is 0 Å². The molecule has 1 aromatic heterocycles. The third-order valence-corrected chi connectivity index (χ3v) is 3.76. The number of aromatic nitrogens is 1. The average molecular weight is 315 g/mol. The Hall–Kier alpha value is -0.810. The quantitative estimate of drug-likeness (QED) is 0.840. The van der Waals surface area contributed by atoms with Crippen LogP contribution in [0.15, 0.2) is 16.7 Å². The number of aryl methyl sites for hydroxylation is 1. The van der Waals surface area contributed by atoms with Crippen LogP contribution in [0.3, 0.4) is 0 Å². The van der Waals surface area contributed by atoms with Crippen molar-refractivity contribution in [2.24, 2.45) is 0 Å². The molecule has 2 rings (SSSR count). The van der Waals surface area contributed by atoms with Crippen molar-refractivity contribution in [3.05, 3.63) is 22.4 Å². The second kappa shape index (κ2) is 5.45. The van der Waals surface area contributed by atoms with E-state index in [1.807, 2.05) is 42.5 Å². The smallest absolute Gasteiger partial charge is 0.271 e. The van der Waals surface area contributed by atoms with E-state index in [9.17, 15) is 4.79 Å². The summed E-state index contributed by atoms with van der Waals surface area (Å²) in [7, 11) is 0. The normalized spacial score (nSPS) is 24.3. The number of amides is 1. The summed E-state index contributed by atoms with van der Waals surface area (Å²) in [6.07, 6.45) is 1.95. The Kier molecular flexibility index (Phi) is 4.12. The number of hydrogen-bond acceptors (Lipinski definition) is 2. The fourth-order valence-corrected chi connectivity index (χ4v) is 2.92. The van der Waals surface area contributed by atoms with Crippen molar-refractivity contribution in [3.8, 4) is 0 Å². The van der Waals surface area contributed by atoms with E-state index in [2.05, 4.69) is 15.9 Å². The first-order valence-electron chi connectivity index (χ1n) is 6.30. The Morgan fingerprint density at radius 1 is 1.44 bits per heavy atom. The van der Waals surface area contributed by atoms with E-state index in [1.165, 1.54) is 0 Å². The van der Waals surface area contributed by atoms with Gasteiger partial charge in [0.25, 0.3) is 5.91 Å². The molecular weight excluding hydrogens is 296 g/mol. The highest BCUT2D eigenvalue weighted by molar-refractivity contribution is 9.10. The van der Waals surface area contributed by atoms with Gasteiger partial charge < -0.3 is 14.2 Å². The molecule has 18 heavy (non-hydrogen) atoms. The zero-order valence-electron chi connectivity index (χ0n) is 11.0. The number of carbonyl (C=O) groups excluding carboxylic acids is 1. The van der Waals surface area contributed by atoms with Crippen LogP contribution < -0.4 is 0 Å². The van der Waals surface area contributed by atoms with Gasteiger partial charge in [0.2, 0.25) is 0 Å². The van der Waals surface area contributed by atoms with E-state index < -0.39 is 0 Å². The lowest BCUT2D eigenvalue weighted by Crippen LogP contribution is -2.52. The van der Waals surface area contributed by atoms with E-state index in [4.69, 9.17) is 4.74 Å². The van der Waals surface area contributed by atoms with Crippen LogP contribution in [-0.2, 0) is 11.3 Å². The molecule has 2 unspecified atom stereocenters. The van der Waals surface area contributed by atoms with Crippen molar-refractivity contribution in [3.63, 3.8) is 0 Å². The maximum Gasteiger partial charge on any atom is 0.271 e. The van der Waals surface area contributed by atoms with E-state index in [0.29, 0.717) is 13.2 Å². The van der Waals surface area contributed by atoms with Crippen molar-refractivity contribution in [2.45, 2.75) is 39.4 Å². The molecule has 5 heteroatoms. The third-order valence-electron chi connectivity index (χ3n) is 3.33. The molecule has 1 amide bonds. The molecule has 100 valence electrons. The van der Waals surface area contributed by atoms with E-state index in [-0.39, 0.29) is 18.0 Å². The van der Waals surface area contributed by atoms with E-state index in [1.54, 1.807) is 0 Å². The van der Waals surface area contributed by atoms with Gasteiger partial charge in [-0.15, -0.1) is 0 Å². The van der Waals surface area contributed by atoms with Gasteiger partial charge in [-0.25, -0.2) is 0 Å². The van der Waals surface area contributed by atoms with Gasteiger partial charge in [-0.2, -0.15) is 0 Å². The minimum atomic E-state index is 0.0888. The maximum atomic E-state index is 12.6. The van der Waals surface area contributed by atoms with Gasteiger partial charge in [0.05, 0.1) is 25.3 Å². The molecule has 1 fully saturated rings. The highest BCUT2D eigenvalue weighted by Crippen LogP contribution is 2.21. The number of rotatable bonds is 2. The fraction of sp³-hybridized carbons (Fsp3) is 0.615. The van der Waals surface area contributed by atoms with E-state index in [0.717, 1.165) is 16.7 Å². The van der Waals surface area contributed by atoms with Crippen molar-refractivity contribution in [1.29, 1.82) is 0 Å². The van der Waals surface area contributed by atoms with Crippen LogP contribution in [-0.4, -0.2) is 40.7 Å². The molecule has 0 bridgehead atoms. The average Bonchev–Trinajstić information content (AvgIpc) is 2.70. The summed E-state index contributed by atoms with van der Waals surface area (Å²) in [5.74, 6) is 0.0888. The summed E-state index contributed by atoms with van der Waals surface area (Å²) in [5, 5.41) is 0. The van der Waals surface area contributed by atoms with Crippen molar-refractivity contribution < 1.29 is 9.53 Å². The zero-order valence-corrected chi connectivity index (χ0v) is 12.6. The van der Waals surface area contributed by atoms with Crippen LogP contribution in [0.2, 0.25) is 0 Å². The van der Waals surface area contributed by atoms with Gasteiger partial charge in [-0.3, -0.25) is 4.79 Å². The number of hydrogen-bond donors (Lipinski definition) is 0. The molecule has 1 aliphatic rings. The van der Waals surface area contributed by atoms with Crippen LogP contribution in [0.4, 0.5) is 0 Å². The molecule has 0 aromatic carbocycles. The Morgan fingerprint density at radius 3 is 2.61 bits per heavy atom. The highest BCUT2D eigenvalue weighted by atomic mass is 79.9. The SMILES string of the molecule is CCn1cc(Br)cc1C(=O)N1C(C)COCC1C. The first-order valence-corrected chi connectivity index (χ1v) is 7.10. The Labute approximate surface area is 116 Å². The molecule has 2 atom stereocenters. The molecule has 1 aliphatic heterocycles. The van der Waals surface area contributed by atoms with Gasteiger partial charge >= 0.3 is 0 Å². The number of carbonyl (C=O) groups is 1. The highest BCUT2D eigenvalue weighted by Gasteiger charge is 2.31. The summed E-state index contributed by atoms with van der Waals surface area (Å²) in [6.45, 7) is 8.12. The molecular formula is C13H19BrN2O2. The number of morpholine rings is 1. The molecule has 2 heterocycles. The number of halogens is 1. The minimum absolute atomic E-state index is 0.0888. The minimum Gasteiger partial charge on any atom is -0.377 e. The summed E-state index contributed by atoms with van der Waals surface area (Å²) in [4.78, 5) is 14.6. The van der Waals surface area contributed by atoms with Gasteiger partial charge in [0, 0.05) is 17.2 Å². The second-order valence-electron chi connectivity index (χ2n) is 4.78. The summed E-state index contributed by atoms with van der Waals surface area (Å²) >= 11 is 3.43. The predicted molar refractivity (Wildman–Crippen MR) is 73.7 cm³/mol. The van der Waals surface area contributed by atoms with E-state index >= 15 is 0 Å². The molecule has 0 spiro atoms. The molecule has 4 nitrogen and oxygen atoms in total. The lowest BCUT2D eigenvalue weighted by Gasteiger charge is -2.38. The standard InChI is InChI=1S/C13H19BrN2O2/c1-4-15-6-11(14)5-12(15)13(17)16-9(2)7-18-8-10(16)3/h5-6,9-10H,4,7-8H2,1-3H3. The lowest BCUT2D eigenvalue weighted by atomic mass is 10.1. The Morgan fingerprint density at radius 2 is 2.06 bits per heavy atom. The van der Waals surface area contributed by atoms with Gasteiger partial charge in [-0.05, 0) is 42.8 Å². The van der Waals surface area contributed by atoms with Crippen LogP contribution in [0.25, 0.3) is 0 Å². The number of nitrogens with zero attached hydrogens (tertiary/aromatic N) is 2. The molecule has 1 aromatic rings. The van der Waals surface area contributed by atoms with Gasteiger partial charge in [0.1, 0.15) is 5.69 Å². The topological polar surface area (TPSA) is 34.5 Å². The first-order chi connectivity index (χ1) is 8.54. The third kappa shape index (κ3) is 2.47. The van der Waals surface area contributed by atoms with Crippen LogP contribution >= 0.6 is 15.9 Å². The van der Waals surface area contributed by atoms with Crippen LogP contribution in [0.5, 0.6) is 0 Å². The summed E-state index contributed by atoms with van der Waals surface area (Å²) < 4.78 is 8.38. The Bertz CT molecular complexity index is 434. The van der Waals surface area contributed by atoms with Crippen molar-refractivity contribution in [1.82, 2.24) is 9.47 Å². The monoisotopic (exact) mass is 314 g/mol. The molecule has 0 aliphatic carbocycles. The Balaban J connectivity index is 2.29. The lowest BCUT2D eigenvalue weighted by molar-refractivity contribution is -0.0254. The predicted octanol–water partition coefficient (Wildman–Crippen LogP) is 2.52. The molecule has 0 radical (unpaired) electrons. The van der Waals surface area contributed by atoms with Crippen molar-refractivity contribution >= 4 is 21.8 Å². The maximum absolute atomic E-state index is 12.6. The van der Waals surface area contributed by atoms with Crippen LogP contribution in [0.1, 0.15) is 31.3 Å². The first kappa shape index (κ1) is 13.6. The molecule has 0 saturated carbocycles. The second-order valence-corrected chi connectivity index (χ2v) is 5.69. The van der Waals surface area contributed by atoms with Gasteiger partial charge in [-0.1, -0.05) is 0 Å². The largest absolute Gasteiger partial charge is 0.377 e. The molecule has 0 N–H and O–H groups in total. The van der Waals surface area contributed by atoms with Crippen LogP contribution in [0, 0.1) is 0 Å². The summed E-state index contributed by atoms with van der Waals surface area (Å²) in [6, 6.07) is 2.14. The van der Waals surface area contributed by atoms with Crippen molar-refractivity contribution in [2.75, 3.05) is 13.2 Å².